The Hall–Kier alpha value is -1.86. The number of nitrogens with two attached hydrogens (primary N) is 1. The van der Waals surface area contributed by atoms with E-state index in [-0.39, 0.29) is 0 Å². The fraction of sp³-hybridized carbons (Fsp3) is 0.154. The Morgan fingerprint density at radius 1 is 1.25 bits per heavy atom. The summed E-state index contributed by atoms with van der Waals surface area (Å²) in [6.45, 7) is 2.04. The van der Waals surface area contributed by atoms with Gasteiger partial charge in [-0.05, 0) is 19.1 Å². The van der Waals surface area contributed by atoms with Gasteiger partial charge in [-0.2, -0.15) is 0 Å². The fourth-order valence-corrected chi connectivity index (χ4v) is 3.19. The molecule has 0 radical (unpaired) electrons. The zero-order valence-electron chi connectivity index (χ0n) is 10.7. The first-order chi connectivity index (χ1) is 9.70. The Balaban J connectivity index is 1.69. The second-order valence-electron chi connectivity index (χ2n) is 4.17. The first-order valence-electron chi connectivity index (χ1n) is 5.94. The molecule has 1 aromatic carbocycles. The number of aryl methyl sites for hydroxylation is 1. The number of hydrogen-bond donors (Lipinski definition) is 1. The number of anilines is 1. The number of thiazole rings is 1. The maximum Gasteiger partial charge on any atom is 0.247 e. The summed E-state index contributed by atoms with van der Waals surface area (Å²) < 4.78 is 6.69. The molecule has 0 amide bonds. The van der Waals surface area contributed by atoms with Crippen LogP contribution in [0.25, 0.3) is 11.5 Å². The maximum atomic E-state index is 5.65. The number of rotatable bonds is 4. The zero-order chi connectivity index (χ0) is 13.9. The van der Waals surface area contributed by atoms with Gasteiger partial charge in [0.05, 0.1) is 16.2 Å². The quantitative estimate of drug-likeness (QED) is 0.744. The van der Waals surface area contributed by atoms with Crippen molar-refractivity contribution in [2.75, 3.05) is 5.73 Å². The summed E-state index contributed by atoms with van der Waals surface area (Å²) in [6, 6.07) is 8.00. The molecule has 20 heavy (non-hydrogen) atoms. The van der Waals surface area contributed by atoms with Gasteiger partial charge in [-0.15, -0.1) is 22.0 Å². The lowest BCUT2D eigenvalue weighted by Crippen LogP contribution is -1.78. The van der Waals surface area contributed by atoms with Gasteiger partial charge in [0.2, 0.25) is 11.8 Å². The molecule has 2 aromatic heterocycles. The van der Waals surface area contributed by atoms with Crippen molar-refractivity contribution in [2.24, 2.45) is 0 Å². The molecule has 0 saturated carbocycles. The maximum absolute atomic E-state index is 5.65. The minimum atomic E-state index is 0.546. The minimum absolute atomic E-state index is 0.546. The molecule has 2 heterocycles. The van der Waals surface area contributed by atoms with Crippen LogP contribution in [0, 0.1) is 6.92 Å². The predicted octanol–water partition coefficient (Wildman–Crippen LogP) is 3.38. The lowest BCUT2D eigenvalue weighted by atomic mass is 10.1. The topological polar surface area (TPSA) is 77.8 Å². The molecule has 0 spiro atoms. The highest BCUT2D eigenvalue weighted by atomic mass is 32.2. The van der Waals surface area contributed by atoms with Crippen molar-refractivity contribution in [3.63, 3.8) is 0 Å². The largest absolute Gasteiger partial charge is 0.420 e. The van der Waals surface area contributed by atoms with Crippen molar-refractivity contribution < 1.29 is 4.42 Å². The standard InChI is InChI=1S/C13H12N4OS2/c1-8-2-4-9(5-3-8)12-17-16-10(18-12)7-19-11-6-15-13(14)20-11/h2-6H,7H2,1H3,(H2,14,15). The Morgan fingerprint density at radius 2 is 2.05 bits per heavy atom. The summed E-state index contributed by atoms with van der Waals surface area (Å²) >= 11 is 3.04. The number of hydrogen-bond acceptors (Lipinski definition) is 7. The molecule has 0 bridgehead atoms. The number of nitrogens with zero attached hydrogens (tertiary/aromatic N) is 3. The highest BCUT2D eigenvalue weighted by molar-refractivity contribution is 8.00. The third-order valence-electron chi connectivity index (χ3n) is 2.61. The highest BCUT2D eigenvalue weighted by Gasteiger charge is 2.09. The van der Waals surface area contributed by atoms with Crippen LogP contribution in [-0.4, -0.2) is 15.2 Å². The van der Waals surface area contributed by atoms with Gasteiger partial charge < -0.3 is 10.2 Å². The van der Waals surface area contributed by atoms with Crippen LogP contribution in [0.15, 0.2) is 39.1 Å². The van der Waals surface area contributed by atoms with Gasteiger partial charge in [-0.3, -0.25) is 0 Å². The second kappa shape index (κ2) is 5.64. The number of aromatic nitrogens is 3. The van der Waals surface area contributed by atoms with Crippen LogP contribution < -0.4 is 5.73 Å². The summed E-state index contributed by atoms with van der Waals surface area (Å²) in [5.41, 5.74) is 7.72. The Kier molecular flexibility index (Phi) is 3.70. The van der Waals surface area contributed by atoms with Crippen molar-refractivity contribution in [3.8, 4) is 11.5 Å². The third kappa shape index (κ3) is 3.00. The van der Waals surface area contributed by atoms with Gasteiger partial charge in [-0.1, -0.05) is 29.0 Å². The predicted molar refractivity (Wildman–Crippen MR) is 80.6 cm³/mol. The van der Waals surface area contributed by atoms with Crippen LogP contribution in [-0.2, 0) is 5.75 Å². The van der Waals surface area contributed by atoms with Crippen LogP contribution >= 0.6 is 23.1 Å². The SMILES string of the molecule is Cc1ccc(-c2nnc(CSc3cnc(N)s3)o2)cc1. The monoisotopic (exact) mass is 304 g/mol. The number of thioether (sulfide) groups is 1. The summed E-state index contributed by atoms with van der Waals surface area (Å²) in [5.74, 6) is 1.75. The van der Waals surface area contributed by atoms with E-state index >= 15 is 0 Å². The van der Waals surface area contributed by atoms with E-state index in [1.807, 2.05) is 31.2 Å². The average Bonchev–Trinajstić information content (AvgIpc) is 3.06. The molecule has 3 aromatic rings. The van der Waals surface area contributed by atoms with E-state index in [1.165, 1.54) is 16.9 Å². The van der Waals surface area contributed by atoms with Crippen molar-refractivity contribution in [3.05, 3.63) is 41.9 Å². The van der Waals surface area contributed by atoms with Gasteiger partial charge in [0.25, 0.3) is 0 Å². The average molecular weight is 304 g/mol. The molecular formula is C13H12N4OS2. The second-order valence-corrected chi connectivity index (χ2v) is 6.51. The van der Waals surface area contributed by atoms with E-state index < -0.39 is 0 Å². The molecule has 0 aliphatic carbocycles. The summed E-state index contributed by atoms with van der Waals surface area (Å²) in [5, 5.41) is 8.69. The van der Waals surface area contributed by atoms with Gasteiger partial charge in [0.1, 0.15) is 0 Å². The van der Waals surface area contributed by atoms with Gasteiger partial charge in [-0.25, -0.2) is 4.98 Å². The fourth-order valence-electron chi connectivity index (χ4n) is 1.60. The molecule has 7 heteroatoms. The number of nitrogen functional groups attached to an aromatic ring is 1. The van der Waals surface area contributed by atoms with Gasteiger partial charge in [0, 0.05) is 5.56 Å². The first kappa shape index (κ1) is 13.1. The van der Waals surface area contributed by atoms with Crippen molar-refractivity contribution in [2.45, 2.75) is 16.9 Å². The Labute approximate surface area is 124 Å². The van der Waals surface area contributed by atoms with Crippen LogP contribution in [0.1, 0.15) is 11.5 Å². The van der Waals surface area contributed by atoms with Gasteiger partial charge in [0.15, 0.2) is 5.13 Å². The minimum Gasteiger partial charge on any atom is -0.420 e. The van der Waals surface area contributed by atoms with E-state index in [4.69, 9.17) is 10.2 Å². The smallest absolute Gasteiger partial charge is 0.247 e. The molecule has 5 nitrogen and oxygen atoms in total. The van der Waals surface area contributed by atoms with Crippen molar-refractivity contribution >= 4 is 28.2 Å². The zero-order valence-corrected chi connectivity index (χ0v) is 12.4. The van der Waals surface area contributed by atoms with E-state index in [1.54, 1.807) is 18.0 Å². The summed E-state index contributed by atoms with van der Waals surface area (Å²) in [4.78, 5) is 4.00. The Bertz CT molecular complexity index is 705. The molecule has 0 unspecified atom stereocenters. The van der Waals surface area contributed by atoms with E-state index in [0.717, 1.165) is 9.77 Å². The molecule has 0 aliphatic rings. The van der Waals surface area contributed by atoms with Crippen LogP contribution in [0.5, 0.6) is 0 Å². The summed E-state index contributed by atoms with van der Waals surface area (Å²) in [7, 11) is 0. The normalized spacial score (nSPS) is 10.8. The molecule has 0 saturated heterocycles. The van der Waals surface area contributed by atoms with E-state index in [2.05, 4.69) is 15.2 Å². The van der Waals surface area contributed by atoms with Crippen LogP contribution in [0.3, 0.4) is 0 Å². The molecule has 3 rings (SSSR count). The molecular weight excluding hydrogens is 292 g/mol. The molecule has 102 valence electrons. The lowest BCUT2D eigenvalue weighted by Gasteiger charge is -1.95. The van der Waals surface area contributed by atoms with Crippen molar-refractivity contribution in [1.29, 1.82) is 0 Å². The molecule has 0 fully saturated rings. The van der Waals surface area contributed by atoms with Crippen molar-refractivity contribution in [1.82, 2.24) is 15.2 Å². The molecule has 0 atom stereocenters. The van der Waals surface area contributed by atoms with E-state index in [0.29, 0.717) is 22.7 Å². The van der Waals surface area contributed by atoms with E-state index in [9.17, 15) is 0 Å². The van der Waals surface area contributed by atoms with Crippen LogP contribution in [0.2, 0.25) is 0 Å². The van der Waals surface area contributed by atoms with Gasteiger partial charge >= 0.3 is 0 Å². The third-order valence-corrected chi connectivity index (χ3v) is 4.61. The Morgan fingerprint density at radius 3 is 2.75 bits per heavy atom. The van der Waals surface area contributed by atoms with Crippen LogP contribution in [0.4, 0.5) is 5.13 Å². The number of benzene rings is 1. The molecule has 0 aliphatic heterocycles. The lowest BCUT2D eigenvalue weighted by molar-refractivity contribution is 0.528. The summed E-state index contributed by atoms with van der Waals surface area (Å²) in [6.07, 6.45) is 1.75. The highest BCUT2D eigenvalue weighted by Crippen LogP contribution is 2.29. The first-order valence-corrected chi connectivity index (χ1v) is 7.74. The molecule has 2 N–H and O–H groups in total.